The van der Waals surface area contributed by atoms with Gasteiger partial charge in [0.1, 0.15) is 6.54 Å². The molecule has 0 bridgehead atoms. The first-order valence-corrected chi connectivity index (χ1v) is 8.81. The number of carbonyl (C=O) groups excluding carboxylic acids is 2. The van der Waals surface area contributed by atoms with Gasteiger partial charge in [-0.1, -0.05) is 42.1 Å². The number of Topliss-reactive ketones (excluding diaryl/α,β-unsaturated/α-hetero) is 1. The number of amides is 1. The van der Waals surface area contributed by atoms with Crippen molar-refractivity contribution < 1.29 is 14.0 Å². The van der Waals surface area contributed by atoms with Crippen molar-refractivity contribution in [1.82, 2.24) is 4.90 Å². The molecule has 0 saturated carbocycles. The van der Waals surface area contributed by atoms with Crippen LogP contribution in [0.25, 0.3) is 0 Å². The van der Waals surface area contributed by atoms with E-state index in [-0.39, 0.29) is 18.2 Å². The second-order valence-electron chi connectivity index (χ2n) is 5.42. The predicted molar refractivity (Wildman–Crippen MR) is 94.3 cm³/mol. The Balaban J connectivity index is 1.55. The van der Waals surface area contributed by atoms with E-state index >= 15 is 0 Å². The van der Waals surface area contributed by atoms with E-state index in [0.717, 1.165) is 12.8 Å². The Bertz CT molecular complexity index is 726. The van der Waals surface area contributed by atoms with Crippen molar-refractivity contribution in [2.75, 3.05) is 18.8 Å². The zero-order chi connectivity index (χ0) is 16.8. The van der Waals surface area contributed by atoms with Crippen LogP contribution >= 0.6 is 11.8 Å². The summed E-state index contributed by atoms with van der Waals surface area (Å²) >= 11 is 1.39. The number of ketones is 1. The number of aryl methyl sites for hydroxylation is 1. The van der Waals surface area contributed by atoms with Gasteiger partial charge in [-0.25, -0.2) is 0 Å². The molecule has 0 N–H and O–H groups in total. The minimum atomic E-state index is -0.184. The van der Waals surface area contributed by atoms with E-state index in [0.29, 0.717) is 23.2 Å². The summed E-state index contributed by atoms with van der Waals surface area (Å²) in [6, 6.07) is 13.5. The Hall–Kier alpha value is -2.34. The number of hydrogen-bond donors (Lipinski definition) is 0. The number of aliphatic imine (C=N–C) groups is 1. The maximum absolute atomic E-state index is 12.0. The minimum Gasteiger partial charge on any atom is -0.461 e. The molecule has 1 fully saturated rings. The van der Waals surface area contributed by atoms with Crippen molar-refractivity contribution in [1.29, 1.82) is 0 Å². The molecule has 1 aliphatic rings. The Kier molecular flexibility index (Phi) is 5.48. The molecule has 24 heavy (non-hydrogen) atoms. The van der Waals surface area contributed by atoms with Gasteiger partial charge >= 0.3 is 0 Å². The summed E-state index contributed by atoms with van der Waals surface area (Å²) in [6.45, 7) is 0.618. The summed E-state index contributed by atoms with van der Waals surface area (Å²) < 4.78 is 5.07. The van der Waals surface area contributed by atoms with Crippen LogP contribution in [0, 0.1) is 0 Å². The van der Waals surface area contributed by atoms with Crippen molar-refractivity contribution in [3.63, 3.8) is 0 Å². The SMILES string of the molecule is O=C(CN=C1SCC(=O)N1CCCc1ccccc1)c1ccco1. The molecule has 0 unspecified atom stereocenters. The number of amidine groups is 1. The van der Waals surface area contributed by atoms with E-state index in [1.54, 1.807) is 17.0 Å². The Labute approximate surface area is 144 Å². The van der Waals surface area contributed by atoms with Gasteiger partial charge in [-0.05, 0) is 30.5 Å². The van der Waals surface area contributed by atoms with Crippen LogP contribution in [-0.2, 0) is 11.2 Å². The van der Waals surface area contributed by atoms with Gasteiger partial charge in [0.25, 0.3) is 0 Å². The number of furan rings is 1. The van der Waals surface area contributed by atoms with Gasteiger partial charge in [0, 0.05) is 6.54 Å². The van der Waals surface area contributed by atoms with Gasteiger partial charge in [0.05, 0.1) is 12.0 Å². The van der Waals surface area contributed by atoms with E-state index in [1.165, 1.54) is 23.6 Å². The van der Waals surface area contributed by atoms with Crippen molar-refractivity contribution in [3.8, 4) is 0 Å². The summed E-state index contributed by atoms with van der Waals surface area (Å²) in [5.41, 5.74) is 1.25. The number of nitrogens with zero attached hydrogens (tertiary/aromatic N) is 2. The van der Waals surface area contributed by atoms with Crippen LogP contribution in [0.4, 0.5) is 0 Å². The minimum absolute atomic E-state index is 0.00167. The molecule has 2 aromatic rings. The average molecular weight is 342 g/mol. The van der Waals surface area contributed by atoms with Crippen molar-refractivity contribution >= 4 is 28.6 Å². The van der Waals surface area contributed by atoms with Crippen molar-refractivity contribution in [2.24, 2.45) is 4.99 Å². The third kappa shape index (κ3) is 4.14. The monoisotopic (exact) mass is 342 g/mol. The van der Waals surface area contributed by atoms with Crippen LogP contribution in [0.3, 0.4) is 0 Å². The lowest BCUT2D eigenvalue weighted by atomic mass is 10.1. The first-order chi connectivity index (χ1) is 11.7. The highest BCUT2D eigenvalue weighted by Gasteiger charge is 2.27. The molecule has 0 spiro atoms. The fourth-order valence-corrected chi connectivity index (χ4v) is 3.39. The first-order valence-electron chi connectivity index (χ1n) is 7.82. The van der Waals surface area contributed by atoms with E-state index in [4.69, 9.17) is 4.42 Å². The van der Waals surface area contributed by atoms with E-state index < -0.39 is 0 Å². The Morgan fingerprint density at radius 1 is 1.21 bits per heavy atom. The maximum atomic E-state index is 12.0. The van der Waals surface area contributed by atoms with Gasteiger partial charge in [0.15, 0.2) is 10.9 Å². The topological polar surface area (TPSA) is 62.9 Å². The molecule has 0 aliphatic carbocycles. The highest BCUT2D eigenvalue weighted by molar-refractivity contribution is 8.15. The molecule has 1 amide bonds. The Morgan fingerprint density at radius 2 is 2.04 bits per heavy atom. The van der Waals surface area contributed by atoms with Gasteiger partial charge in [-0.15, -0.1) is 0 Å². The zero-order valence-corrected chi connectivity index (χ0v) is 14.0. The summed E-state index contributed by atoms with van der Waals surface area (Å²) in [4.78, 5) is 30.0. The number of carbonyl (C=O) groups is 2. The molecule has 2 heterocycles. The highest BCUT2D eigenvalue weighted by atomic mass is 32.2. The molecule has 1 aromatic heterocycles. The molecule has 6 heteroatoms. The molecular weight excluding hydrogens is 324 g/mol. The lowest BCUT2D eigenvalue weighted by Gasteiger charge is -2.15. The fourth-order valence-electron chi connectivity index (χ4n) is 2.48. The molecule has 5 nitrogen and oxygen atoms in total. The molecule has 1 aromatic carbocycles. The normalized spacial score (nSPS) is 16.1. The van der Waals surface area contributed by atoms with E-state index in [9.17, 15) is 9.59 Å². The third-order valence-corrected chi connectivity index (χ3v) is 4.70. The molecule has 0 atom stereocenters. The number of benzene rings is 1. The molecule has 124 valence electrons. The van der Waals surface area contributed by atoms with Crippen LogP contribution in [0.5, 0.6) is 0 Å². The van der Waals surface area contributed by atoms with Crippen LogP contribution in [0.1, 0.15) is 22.5 Å². The summed E-state index contributed by atoms with van der Waals surface area (Å²) in [5.74, 6) is 0.553. The van der Waals surface area contributed by atoms with Crippen molar-refractivity contribution in [3.05, 3.63) is 60.1 Å². The van der Waals surface area contributed by atoms with Crippen LogP contribution < -0.4 is 0 Å². The highest BCUT2D eigenvalue weighted by Crippen LogP contribution is 2.20. The summed E-state index contributed by atoms with van der Waals surface area (Å²) in [6.07, 6.45) is 3.24. The largest absolute Gasteiger partial charge is 0.461 e. The molecular formula is C18H18N2O3S. The first kappa shape index (κ1) is 16.5. The molecule has 1 aliphatic heterocycles. The van der Waals surface area contributed by atoms with Gasteiger partial charge in [0.2, 0.25) is 11.7 Å². The summed E-state index contributed by atoms with van der Waals surface area (Å²) in [5, 5.41) is 0.632. The third-order valence-electron chi connectivity index (χ3n) is 3.70. The number of hydrogen-bond acceptors (Lipinski definition) is 5. The molecule has 1 saturated heterocycles. The smallest absolute Gasteiger partial charge is 0.239 e. The predicted octanol–water partition coefficient (Wildman–Crippen LogP) is 3.03. The molecule has 3 rings (SSSR count). The van der Waals surface area contributed by atoms with Crippen molar-refractivity contribution in [2.45, 2.75) is 12.8 Å². The fraction of sp³-hybridized carbons (Fsp3) is 0.278. The average Bonchev–Trinajstić information content (AvgIpc) is 3.25. The molecule has 0 radical (unpaired) electrons. The van der Waals surface area contributed by atoms with Crippen LogP contribution in [0.2, 0.25) is 0 Å². The second-order valence-corrected chi connectivity index (χ2v) is 6.36. The van der Waals surface area contributed by atoms with Gasteiger partial charge in [-0.3, -0.25) is 19.5 Å². The zero-order valence-electron chi connectivity index (χ0n) is 13.2. The lowest BCUT2D eigenvalue weighted by Crippen LogP contribution is -2.31. The number of rotatable bonds is 7. The second kappa shape index (κ2) is 7.97. The van der Waals surface area contributed by atoms with Gasteiger partial charge < -0.3 is 4.42 Å². The quantitative estimate of drug-likeness (QED) is 0.726. The van der Waals surface area contributed by atoms with E-state index in [2.05, 4.69) is 17.1 Å². The van der Waals surface area contributed by atoms with E-state index in [1.807, 2.05) is 18.2 Å². The number of thioether (sulfide) groups is 1. The lowest BCUT2D eigenvalue weighted by molar-refractivity contribution is -0.124. The summed E-state index contributed by atoms with van der Waals surface area (Å²) in [7, 11) is 0. The van der Waals surface area contributed by atoms with Gasteiger partial charge in [-0.2, -0.15) is 0 Å². The maximum Gasteiger partial charge on any atom is 0.239 e. The Morgan fingerprint density at radius 3 is 2.79 bits per heavy atom. The van der Waals surface area contributed by atoms with Crippen LogP contribution in [-0.4, -0.2) is 40.6 Å². The standard InChI is InChI=1S/C18H18N2O3S/c21-15(16-9-5-11-23-16)12-19-18-20(17(22)13-24-18)10-4-8-14-6-2-1-3-7-14/h1-3,5-7,9,11H,4,8,10,12-13H2. The van der Waals surface area contributed by atoms with Crippen LogP contribution in [0.15, 0.2) is 58.1 Å².